The lowest BCUT2D eigenvalue weighted by atomic mass is 10.0. The zero-order chi connectivity index (χ0) is 11.3. The zero-order valence-corrected chi connectivity index (χ0v) is 9.98. The molecule has 1 amide bonds. The van der Waals surface area contributed by atoms with Gasteiger partial charge in [0.1, 0.15) is 0 Å². The van der Waals surface area contributed by atoms with Crippen LogP contribution in [0.15, 0.2) is 0 Å². The fraction of sp³-hybridized carbons (Fsp3) is 0.800. The van der Waals surface area contributed by atoms with Gasteiger partial charge in [-0.2, -0.15) is 0 Å². The topological polar surface area (TPSA) is 58.4 Å². The fourth-order valence-electron chi connectivity index (χ4n) is 1.98. The van der Waals surface area contributed by atoms with Crippen molar-refractivity contribution >= 4 is 23.1 Å². The van der Waals surface area contributed by atoms with Gasteiger partial charge in [-0.1, -0.05) is 18.6 Å². The molecule has 5 heteroatoms. The fourth-order valence-corrected chi connectivity index (χ4v) is 2.07. The standard InChI is InChI=1S/C10H19N3OS/c1-12-10(14)8-4-2-3-6-13(8)7-5-9(11)15/h8H,2-7H2,1H3,(H2,11,15)(H,12,14). The van der Waals surface area contributed by atoms with Crippen molar-refractivity contribution in [2.75, 3.05) is 20.1 Å². The molecule has 86 valence electrons. The second-order valence-corrected chi connectivity index (χ2v) is 4.40. The maximum atomic E-state index is 11.6. The summed E-state index contributed by atoms with van der Waals surface area (Å²) in [5, 5.41) is 2.71. The van der Waals surface area contributed by atoms with E-state index < -0.39 is 0 Å². The van der Waals surface area contributed by atoms with Crippen molar-refractivity contribution in [3.05, 3.63) is 0 Å². The molecule has 4 nitrogen and oxygen atoms in total. The summed E-state index contributed by atoms with van der Waals surface area (Å²) in [6.07, 6.45) is 3.92. The van der Waals surface area contributed by atoms with Crippen LogP contribution in [0.5, 0.6) is 0 Å². The second-order valence-electron chi connectivity index (χ2n) is 3.88. The van der Waals surface area contributed by atoms with E-state index in [-0.39, 0.29) is 11.9 Å². The molecule has 0 aromatic carbocycles. The lowest BCUT2D eigenvalue weighted by Crippen LogP contribution is -2.49. The number of likely N-dealkylation sites (N-methyl/N-ethyl adjacent to an activating group) is 1. The normalized spacial score (nSPS) is 22.3. The van der Waals surface area contributed by atoms with Crippen molar-refractivity contribution in [2.45, 2.75) is 31.7 Å². The number of nitrogens with one attached hydrogen (secondary N) is 1. The van der Waals surface area contributed by atoms with Gasteiger partial charge < -0.3 is 11.1 Å². The van der Waals surface area contributed by atoms with Gasteiger partial charge in [0, 0.05) is 20.0 Å². The third-order valence-corrected chi connectivity index (χ3v) is 3.01. The third-order valence-electron chi connectivity index (χ3n) is 2.81. The monoisotopic (exact) mass is 229 g/mol. The van der Waals surface area contributed by atoms with Crippen LogP contribution in [0.3, 0.4) is 0 Å². The molecule has 0 bridgehead atoms. The van der Waals surface area contributed by atoms with Gasteiger partial charge in [0.15, 0.2) is 0 Å². The van der Waals surface area contributed by atoms with Crippen molar-refractivity contribution in [3.63, 3.8) is 0 Å². The summed E-state index contributed by atoms with van der Waals surface area (Å²) in [5.41, 5.74) is 5.47. The Bertz CT molecular complexity index is 245. The molecule has 1 aliphatic rings. The van der Waals surface area contributed by atoms with Gasteiger partial charge in [0.05, 0.1) is 11.0 Å². The summed E-state index contributed by atoms with van der Waals surface area (Å²) in [6, 6.07) is 0.0121. The molecule has 0 aromatic heterocycles. The predicted molar refractivity (Wildman–Crippen MR) is 64.7 cm³/mol. The Morgan fingerprint density at radius 3 is 2.93 bits per heavy atom. The van der Waals surface area contributed by atoms with E-state index in [1.807, 2.05) is 0 Å². The van der Waals surface area contributed by atoms with E-state index in [4.69, 9.17) is 18.0 Å². The average Bonchev–Trinajstić information content (AvgIpc) is 2.25. The largest absolute Gasteiger partial charge is 0.393 e. The highest BCUT2D eigenvalue weighted by Crippen LogP contribution is 2.17. The van der Waals surface area contributed by atoms with E-state index >= 15 is 0 Å². The van der Waals surface area contributed by atoms with E-state index in [0.717, 1.165) is 32.4 Å². The SMILES string of the molecule is CNC(=O)C1CCCCN1CCC(N)=S. The number of carbonyl (C=O) groups excluding carboxylic acids is 1. The van der Waals surface area contributed by atoms with Crippen molar-refractivity contribution in [3.8, 4) is 0 Å². The first kappa shape index (κ1) is 12.4. The van der Waals surface area contributed by atoms with E-state index in [9.17, 15) is 4.79 Å². The summed E-state index contributed by atoms with van der Waals surface area (Å²) in [4.78, 5) is 14.3. The lowest BCUT2D eigenvalue weighted by Gasteiger charge is -2.34. The molecule has 1 saturated heterocycles. The maximum absolute atomic E-state index is 11.6. The van der Waals surface area contributed by atoms with Crippen LogP contribution in [-0.4, -0.2) is 42.0 Å². The van der Waals surface area contributed by atoms with Crippen LogP contribution in [-0.2, 0) is 4.79 Å². The van der Waals surface area contributed by atoms with Gasteiger partial charge in [-0.05, 0) is 19.4 Å². The van der Waals surface area contributed by atoms with Crippen LogP contribution in [0, 0.1) is 0 Å². The number of amides is 1. The molecule has 3 N–H and O–H groups in total. The van der Waals surface area contributed by atoms with Crippen molar-refractivity contribution in [2.24, 2.45) is 5.73 Å². The molecule has 15 heavy (non-hydrogen) atoms. The molecule has 1 atom stereocenters. The van der Waals surface area contributed by atoms with E-state index in [1.165, 1.54) is 0 Å². The number of carbonyl (C=O) groups is 1. The highest BCUT2D eigenvalue weighted by atomic mass is 32.1. The molecule has 1 rings (SSSR count). The molecule has 1 fully saturated rings. The highest BCUT2D eigenvalue weighted by Gasteiger charge is 2.27. The number of nitrogens with zero attached hydrogens (tertiary/aromatic N) is 1. The summed E-state index contributed by atoms with van der Waals surface area (Å²) < 4.78 is 0. The van der Waals surface area contributed by atoms with Gasteiger partial charge in [-0.3, -0.25) is 9.69 Å². The van der Waals surface area contributed by atoms with E-state index in [2.05, 4.69) is 10.2 Å². The number of nitrogens with two attached hydrogens (primary N) is 1. The summed E-state index contributed by atoms with van der Waals surface area (Å²) in [7, 11) is 1.68. The van der Waals surface area contributed by atoms with Crippen molar-refractivity contribution in [1.82, 2.24) is 10.2 Å². The highest BCUT2D eigenvalue weighted by molar-refractivity contribution is 7.80. The second kappa shape index (κ2) is 6.02. The smallest absolute Gasteiger partial charge is 0.237 e. The van der Waals surface area contributed by atoms with Crippen LogP contribution in [0.4, 0.5) is 0 Å². The molecular formula is C10H19N3OS. The molecular weight excluding hydrogens is 210 g/mol. The summed E-state index contributed by atoms with van der Waals surface area (Å²) in [6.45, 7) is 1.77. The first-order chi connectivity index (χ1) is 7.15. The van der Waals surface area contributed by atoms with Gasteiger partial charge in [0.25, 0.3) is 0 Å². The van der Waals surface area contributed by atoms with Gasteiger partial charge >= 0.3 is 0 Å². The molecule has 0 radical (unpaired) electrons. The predicted octanol–water partition coefficient (Wildman–Crippen LogP) is 0.263. The van der Waals surface area contributed by atoms with Crippen molar-refractivity contribution < 1.29 is 4.79 Å². The third kappa shape index (κ3) is 3.76. The number of hydrogen-bond acceptors (Lipinski definition) is 3. The van der Waals surface area contributed by atoms with Crippen LogP contribution in [0.1, 0.15) is 25.7 Å². The Morgan fingerprint density at radius 1 is 1.60 bits per heavy atom. The molecule has 0 spiro atoms. The average molecular weight is 229 g/mol. The number of thiocarbonyl (C=S) groups is 1. The first-order valence-electron chi connectivity index (χ1n) is 5.39. The minimum Gasteiger partial charge on any atom is -0.393 e. The zero-order valence-electron chi connectivity index (χ0n) is 9.16. The number of hydrogen-bond donors (Lipinski definition) is 2. The summed E-state index contributed by atoms with van der Waals surface area (Å²) in [5.74, 6) is 0.109. The van der Waals surface area contributed by atoms with E-state index in [0.29, 0.717) is 11.4 Å². The lowest BCUT2D eigenvalue weighted by molar-refractivity contribution is -0.127. The molecule has 0 saturated carbocycles. The Labute approximate surface area is 96.2 Å². The minimum atomic E-state index is 0.0121. The first-order valence-corrected chi connectivity index (χ1v) is 5.80. The van der Waals surface area contributed by atoms with Crippen molar-refractivity contribution in [1.29, 1.82) is 0 Å². The summed E-state index contributed by atoms with van der Waals surface area (Å²) >= 11 is 4.85. The van der Waals surface area contributed by atoms with Crippen LogP contribution >= 0.6 is 12.2 Å². The number of rotatable bonds is 4. The van der Waals surface area contributed by atoms with E-state index in [1.54, 1.807) is 7.05 Å². The molecule has 1 heterocycles. The number of likely N-dealkylation sites (tertiary alicyclic amines) is 1. The Kier molecular flexibility index (Phi) is 4.98. The van der Waals surface area contributed by atoms with Crippen LogP contribution in [0.2, 0.25) is 0 Å². The Hall–Kier alpha value is -0.680. The van der Waals surface area contributed by atoms with Crippen LogP contribution in [0.25, 0.3) is 0 Å². The molecule has 1 aliphatic heterocycles. The Balaban J connectivity index is 2.49. The Morgan fingerprint density at radius 2 is 2.33 bits per heavy atom. The quantitative estimate of drug-likeness (QED) is 0.679. The maximum Gasteiger partial charge on any atom is 0.237 e. The van der Waals surface area contributed by atoms with Crippen LogP contribution < -0.4 is 11.1 Å². The molecule has 0 aromatic rings. The number of piperidine rings is 1. The molecule has 0 aliphatic carbocycles. The molecule has 1 unspecified atom stereocenters. The van der Waals surface area contributed by atoms with Gasteiger partial charge in [0.2, 0.25) is 5.91 Å². The van der Waals surface area contributed by atoms with Gasteiger partial charge in [-0.15, -0.1) is 0 Å². The van der Waals surface area contributed by atoms with Gasteiger partial charge in [-0.25, -0.2) is 0 Å². The minimum absolute atomic E-state index is 0.0121.